The Morgan fingerprint density at radius 3 is 2.52 bits per heavy atom. The summed E-state index contributed by atoms with van der Waals surface area (Å²) in [6.07, 6.45) is 1.83. The number of rotatable bonds is 7. The molecule has 3 N–H and O–H groups in total. The van der Waals surface area contributed by atoms with Crippen molar-refractivity contribution < 1.29 is 14.6 Å². The van der Waals surface area contributed by atoms with Crippen molar-refractivity contribution in [2.24, 2.45) is 5.73 Å². The Morgan fingerprint density at radius 1 is 1.29 bits per heavy atom. The first-order valence-corrected chi connectivity index (χ1v) is 7.14. The van der Waals surface area contributed by atoms with E-state index in [9.17, 15) is 5.11 Å². The molecule has 0 saturated heterocycles. The van der Waals surface area contributed by atoms with Gasteiger partial charge in [0.25, 0.3) is 0 Å². The number of imidazole rings is 1. The summed E-state index contributed by atoms with van der Waals surface area (Å²) in [5.41, 5.74) is 7.90. The number of nitrogens with two attached hydrogens (primary N) is 1. The standard InChI is InChI=1S/C15H23N3O3/c1-4-5-10(16)15-17-11-8-13(20-2)14(21-3)9-12(11)18(15)6-7-19/h8-10,19H,4-7,16H2,1-3H3. The van der Waals surface area contributed by atoms with Gasteiger partial charge in [0.2, 0.25) is 0 Å². The lowest BCUT2D eigenvalue weighted by Crippen LogP contribution is -2.17. The van der Waals surface area contributed by atoms with Gasteiger partial charge >= 0.3 is 0 Å². The Bertz CT molecular complexity index is 610. The highest BCUT2D eigenvalue weighted by Gasteiger charge is 2.18. The van der Waals surface area contributed by atoms with E-state index in [1.54, 1.807) is 14.2 Å². The molecule has 0 amide bonds. The molecule has 1 aromatic heterocycles. The van der Waals surface area contributed by atoms with Crippen molar-refractivity contribution in [2.45, 2.75) is 32.4 Å². The molecule has 2 rings (SSSR count). The number of hydrogen-bond donors (Lipinski definition) is 2. The zero-order valence-corrected chi connectivity index (χ0v) is 12.8. The number of hydrogen-bond acceptors (Lipinski definition) is 5. The van der Waals surface area contributed by atoms with Gasteiger partial charge in [-0.3, -0.25) is 0 Å². The summed E-state index contributed by atoms with van der Waals surface area (Å²) in [4.78, 5) is 4.63. The van der Waals surface area contributed by atoms with Gasteiger partial charge in [0, 0.05) is 18.7 Å². The average molecular weight is 293 g/mol. The van der Waals surface area contributed by atoms with Gasteiger partial charge in [0.15, 0.2) is 11.5 Å². The Labute approximate surface area is 124 Å². The zero-order chi connectivity index (χ0) is 15.4. The SMILES string of the molecule is CCCC(N)c1nc2cc(OC)c(OC)cc2n1CCO. The van der Waals surface area contributed by atoms with E-state index in [2.05, 4.69) is 11.9 Å². The van der Waals surface area contributed by atoms with Crippen molar-refractivity contribution in [2.75, 3.05) is 20.8 Å². The van der Waals surface area contributed by atoms with Crippen LogP contribution >= 0.6 is 0 Å². The lowest BCUT2D eigenvalue weighted by molar-refractivity contribution is 0.274. The highest BCUT2D eigenvalue weighted by Crippen LogP contribution is 2.33. The van der Waals surface area contributed by atoms with Gasteiger partial charge < -0.3 is 24.9 Å². The van der Waals surface area contributed by atoms with Crippen LogP contribution in [-0.4, -0.2) is 35.5 Å². The van der Waals surface area contributed by atoms with E-state index >= 15 is 0 Å². The maximum absolute atomic E-state index is 9.32. The van der Waals surface area contributed by atoms with Crippen LogP contribution in [-0.2, 0) is 6.54 Å². The molecular formula is C15H23N3O3. The van der Waals surface area contributed by atoms with Crippen LogP contribution in [0.5, 0.6) is 11.5 Å². The smallest absolute Gasteiger partial charge is 0.163 e. The molecule has 116 valence electrons. The third kappa shape index (κ3) is 2.96. The van der Waals surface area contributed by atoms with Crippen molar-refractivity contribution >= 4 is 11.0 Å². The summed E-state index contributed by atoms with van der Waals surface area (Å²) in [6, 6.07) is 3.56. The topological polar surface area (TPSA) is 82.5 Å². The molecule has 0 aliphatic heterocycles. The number of aliphatic hydroxyl groups is 1. The first-order chi connectivity index (χ1) is 10.2. The summed E-state index contributed by atoms with van der Waals surface area (Å²) in [6.45, 7) is 2.58. The van der Waals surface area contributed by atoms with Gasteiger partial charge in [-0.25, -0.2) is 4.98 Å². The van der Waals surface area contributed by atoms with Crippen LogP contribution in [0.15, 0.2) is 12.1 Å². The molecule has 21 heavy (non-hydrogen) atoms. The number of aliphatic hydroxyl groups excluding tert-OH is 1. The largest absolute Gasteiger partial charge is 0.493 e. The average Bonchev–Trinajstić information content (AvgIpc) is 2.84. The fraction of sp³-hybridized carbons (Fsp3) is 0.533. The number of aromatic nitrogens is 2. The van der Waals surface area contributed by atoms with Gasteiger partial charge in [-0.15, -0.1) is 0 Å². The van der Waals surface area contributed by atoms with Crippen LogP contribution in [0.1, 0.15) is 31.6 Å². The summed E-state index contributed by atoms with van der Waals surface area (Å²) in [7, 11) is 3.19. The molecular weight excluding hydrogens is 270 g/mol. The third-order valence-corrected chi connectivity index (χ3v) is 3.54. The second-order valence-electron chi connectivity index (χ2n) is 4.94. The van der Waals surface area contributed by atoms with Crippen LogP contribution in [0.3, 0.4) is 0 Å². The minimum absolute atomic E-state index is 0.0334. The number of benzene rings is 1. The van der Waals surface area contributed by atoms with E-state index in [0.29, 0.717) is 18.0 Å². The summed E-state index contributed by atoms with van der Waals surface area (Å²) < 4.78 is 12.6. The molecule has 6 nitrogen and oxygen atoms in total. The molecule has 0 radical (unpaired) electrons. The van der Waals surface area contributed by atoms with Crippen molar-refractivity contribution in [1.29, 1.82) is 0 Å². The second-order valence-corrected chi connectivity index (χ2v) is 4.94. The number of fused-ring (bicyclic) bond motifs is 1. The maximum atomic E-state index is 9.32. The van der Waals surface area contributed by atoms with E-state index in [-0.39, 0.29) is 12.6 Å². The third-order valence-electron chi connectivity index (χ3n) is 3.54. The van der Waals surface area contributed by atoms with Gasteiger partial charge in [-0.1, -0.05) is 13.3 Å². The normalized spacial score (nSPS) is 12.6. The van der Waals surface area contributed by atoms with Gasteiger partial charge in [0.1, 0.15) is 5.82 Å². The Morgan fingerprint density at radius 2 is 1.95 bits per heavy atom. The lowest BCUT2D eigenvalue weighted by atomic mass is 10.2. The fourth-order valence-electron chi connectivity index (χ4n) is 2.53. The highest BCUT2D eigenvalue weighted by molar-refractivity contribution is 5.80. The van der Waals surface area contributed by atoms with Crippen molar-refractivity contribution in [3.8, 4) is 11.5 Å². The summed E-state index contributed by atoms with van der Waals surface area (Å²) >= 11 is 0. The minimum Gasteiger partial charge on any atom is -0.493 e. The molecule has 0 saturated carbocycles. The van der Waals surface area contributed by atoms with E-state index in [1.165, 1.54) is 0 Å². The summed E-state index contributed by atoms with van der Waals surface area (Å²) in [5, 5.41) is 9.32. The molecule has 0 spiro atoms. The first-order valence-electron chi connectivity index (χ1n) is 7.14. The van der Waals surface area contributed by atoms with Gasteiger partial charge in [0.05, 0.1) is 37.9 Å². The van der Waals surface area contributed by atoms with Gasteiger partial charge in [-0.2, -0.15) is 0 Å². The van der Waals surface area contributed by atoms with Crippen LogP contribution in [0.4, 0.5) is 0 Å². The number of methoxy groups -OCH3 is 2. The Hall–Kier alpha value is -1.79. The molecule has 0 aliphatic carbocycles. The predicted octanol–water partition coefficient (Wildman–Crippen LogP) is 1.85. The Kier molecular flexibility index (Phi) is 5.03. The van der Waals surface area contributed by atoms with E-state index in [4.69, 9.17) is 15.2 Å². The lowest BCUT2D eigenvalue weighted by Gasteiger charge is -2.13. The monoisotopic (exact) mass is 293 g/mol. The molecule has 0 aliphatic rings. The minimum atomic E-state index is -0.147. The van der Waals surface area contributed by atoms with E-state index in [0.717, 1.165) is 29.7 Å². The predicted molar refractivity (Wildman–Crippen MR) is 81.8 cm³/mol. The van der Waals surface area contributed by atoms with Crippen LogP contribution in [0.25, 0.3) is 11.0 Å². The zero-order valence-electron chi connectivity index (χ0n) is 12.8. The van der Waals surface area contributed by atoms with E-state index in [1.807, 2.05) is 16.7 Å². The van der Waals surface area contributed by atoms with Crippen molar-refractivity contribution in [1.82, 2.24) is 9.55 Å². The van der Waals surface area contributed by atoms with Crippen molar-refractivity contribution in [3.05, 3.63) is 18.0 Å². The highest BCUT2D eigenvalue weighted by atomic mass is 16.5. The molecule has 6 heteroatoms. The summed E-state index contributed by atoms with van der Waals surface area (Å²) in [5.74, 6) is 2.06. The molecule has 1 unspecified atom stereocenters. The van der Waals surface area contributed by atoms with Gasteiger partial charge in [-0.05, 0) is 6.42 Å². The van der Waals surface area contributed by atoms with Crippen molar-refractivity contribution in [3.63, 3.8) is 0 Å². The molecule has 2 aromatic rings. The Balaban J connectivity index is 2.61. The molecule has 1 aromatic carbocycles. The second kappa shape index (κ2) is 6.78. The molecule has 0 bridgehead atoms. The molecule has 1 atom stereocenters. The fourth-order valence-corrected chi connectivity index (χ4v) is 2.53. The quantitative estimate of drug-likeness (QED) is 0.814. The number of ether oxygens (including phenoxy) is 2. The first kappa shape index (κ1) is 15.6. The van der Waals surface area contributed by atoms with Crippen LogP contribution in [0.2, 0.25) is 0 Å². The maximum Gasteiger partial charge on any atom is 0.163 e. The van der Waals surface area contributed by atoms with Crippen LogP contribution in [0, 0.1) is 0 Å². The van der Waals surface area contributed by atoms with E-state index < -0.39 is 0 Å². The molecule has 1 heterocycles. The molecule has 0 fully saturated rings. The van der Waals surface area contributed by atoms with Crippen LogP contribution < -0.4 is 15.2 Å². The number of nitrogens with zero attached hydrogens (tertiary/aromatic N) is 2.